The molecule has 2 atom stereocenters. The number of carbonyl (C=O) groups excluding carboxylic acids is 1. The predicted octanol–water partition coefficient (Wildman–Crippen LogP) is 0.892. The van der Waals surface area contributed by atoms with Crippen molar-refractivity contribution in [3.63, 3.8) is 0 Å². The number of amides is 1. The largest absolute Gasteiger partial charge is 0.394 e. The summed E-state index contributed by atoms with van der Waals surface area (Å²) in [5.41, 5.74) is 0. The van der Waals surface area contributed by atoms with E-state index in [-0.39, 0.29) is 18.6 Å². The molecule has 4 heteroatoms. The molecule has 0 aromatic carbocycles. The van der Waals surface area contributed by atoms with Gasteiger partial charge in [-0.25, -0.2) is 0 Å². The first-order valence-electron chi connectivity index (χ1n) is 6.95. The summed E-state index contributed by atoms with van der Waals surface area (Å²) >= 11 is 0. The van der Waals surface area contributed by atoms with E-state index in [0.717, 1.165) is 38.8 Å². The summed E-state index contributed by atoms with van der Waals surface area (Å²) in [7, 11) is 0. The van der Waals surface area contributed by atoms with Gasteiger partial charge < -0.3 is 15.3 Å². The normalized spacial score (nSPS) is 30.3. The molecule has 1 amide bonds. The van der Waals surface area contributed by atoms with Crippen LogP contribution < -0.4 is 5.32 Å². The number of likely N-dealkylation sites (tertiary alicyclic amines) is 1. The molecule has 0 spiro atoms. The molecule has 2 fully saturated rings. The topological polar surface area (TPSA) is 52.6 Å². The number of hydrogen-bond donors (Lipinski definition) is 2. The van der Waals surface area contributed by atoms with Crippen LogP contribution in [0.2, 0.25) is 0 Å². The van der Waals surface area contributed by atoms with E-state index >= 15 is 0 Å². The fraction of sp³-hybridized carbons (Fsp3) is 0.923. The van der Waals surface area contributed by atoms with Crippen LogP contribution in [0.5, 0.6) is 0 Å². The Kier molecular flexibility index (Phi) is 4.80. The number of nitrogens with zero attached hydrogens (tertiary/aromatic N) is 1. The Morgan fingerprint density at radius 1 is 1.24 bits per heavy atom. The van der Waals surface area contributed by atoms with E-state index in [4.69, 9.17) is 0 Å². The van der Waals surface area contributed by atoms with Gasteiger partial charge in [0.2, 0.25) is 5.91 Å². The lowest BCUT2D eigenvalue weighted by molar-refractivity contribution is -0.134. The van der Waals surface area contributed by atoms with Gasteiger partial charge in [0.1, 0.15) is 0 Å². The number of aliphatic hydroxyl groups is 1. The second-order valence-corrected chi connectivity index (χ2v) is 5.27. The van der Waals surface area contributed by atoms with E-state index < -0.39 is 0 Å². The number of nitrogens with one attached hydrogen (secondary N) is 1. The van der Waals surface area contributed by atoms with E-state index in [1.807, 2.05) is 4.90 Å². The predicted molar refractivity (Wildman–Crippen MR) is 66.7 cm³/mol. The Morgan fingerprint density at radius 2 is 2.12 bits per heavy atom. The van der Waals surface area contributed by atoms with Crippen LogP contribution in [0.1, 0.15) is 44.9 Å². The van der Waals surface area contributed by atoms with Gasteiger partial charge in [0.25, 0.3) is 0 Å². The van der Waals surface area contributed by atoms with Gasteiger partial charge in [0.05, 0.1) is 12.6 Å². The average Bonchev–Trinajstić information content (AvgIpc) is 2.71. The van der Waals surface area contributed by atoms with E-state index in [9.17, 15) is 9.90 Å². The molecule has 4 nitrogen and oxygen atoms in total. The van der Waals surface area contributed by atoms with Crippen LogP contribution in [0.3, 0.4) is 0 Å². The monoisotopic (exact) mass is 240 g/mol. The first-order valence-corrected chi connectivity index (χ1v) is 6.95. The lowest BCUT2D eigenvalue weighted by atomic mass is 10.1. The van der Waals surface area contributed by atoms with Gasteiger partial charge in [-0.3, -0.25) is 4.79 Å². The molecule has 2 aliphatic rings. The fourth-order valence-corrected chi connectivity index (χ4v) is 2.95. The van der Waals surface area contributed by atoms with Crippen LogP contribution in [0.4, 0.5) is 0 Å². The quantitative estimate of drug-likeness (QED) is 0.770. The molecule has 2 rings (SSSR count). The summed E-state index contributed by atoms with van der Waals surface area (Å²) < 4.78 is 0. The molecule has 2 N–H and O–H groups in total. The van der Waals surface area contributed by atoms with Gasteiger partial charge in [-0.15, -0.1) is 0 Å². The summed E-state index contributed by atoms with van der Waals surface area (Å²) in [5, 5.41) is 12.8. The van der Waals surface area contributed by atoms with Crippen LogP contribution in [-0.4, -0.2) is 47.7 Å². The molecule has 17 heavy (non-hydrogen) atoms. The summed E-state index contributed by atoms with van der Waals surface area (Å²) in [6.45, 7) is 1.99. The molecule has 2 unspecified atom stereocenters. The van der Waals surface area contributed by atoms with Crippen LogP contribution in [-0.2, 0) is 4.79 Å². The van der Waals surface area contributed by atoms with E-state index in [0.29, 0.717) is 12.5 Å². The summed E-state index contributed by atoms with van der Waals surface area (Å²) in [6.07, 6.45) is 7.26. The summed E-state index contributed by atoms with van der Waals surface area (Å²) in [6, 6.07) is 0.427. The van der Waals surface area contributed by atoms with Crippen molar-refractivity contribution in [2.24, 2.45) is 0 Å². The van der Waals surface area contributed by atoms with E-state index in [1.54, 1.807) is 0 Å². The highest BCUT2D eigenvalue weighted by atomic mass is 16.3. The maximum absolute atomic E-state index is 12.3. The lowest BCUT2D eigenvalue weighted by Crippen LogP contribution is -2.44. The van der Waals surface area contributed by atoms with E-state index in [2.05, 4.69) is 5.32 Å². The van der Waals surface area contributed by atoms with Crippen molar-refractivity contribution in [3.05, 3.63) is 0 Å². The maximum Gasteiger partial charge on any atom is 0.224 e. The number of carbonyl (C=O) groups is 1. The van der Waals surface area contributed by atoms with E-state index in [1.165, 1.54) is 12.8 Å². The highest BCUT2D eigenvalue weighted by molar-refractivity contribution is 5.77. The van der Waals surface area contributed by atoms with Gasteiger partial charge in [-0.05, 0) is 32.2 Å². The SMILES string of the molecule is O=C(CC1CCCN1)N1CCCCCC1CO. The maximum atomic E-state index is 12.3. The molecule has 0 aromatic heterocycles. The zero-order chi connectivity index (χ0) is 12.1. The van der Waals surface area contributed by atoms with Crippen molar-refractivity contribution in [2.75, 3.05) is 19.7 Å². The van der Waals surface area contributed by atoms with Crippen molar-refractivity contribution in [3.8, 4) is 0 Å². The van der Waals surface area contributed by atoms with Crippen LogP contribution in [0.25, 0.3) is 0 Å². The van der Waals surface area contributed by atoms with Gasteiger partial charge in [0.15, 0.2) is 0 Å². The van der Waals surface area contributed by atoms with Crippen LogP contribution in [0.15, 0.2) is 0 Å². The molecule has 0 radical (unpaired) electrons. The number of hydrogen-bond acceptors (Lipinski definition) is 3. The Hall–Kier alpha value is -0.610. The van der Waals surface area contributed by atoms with Crippen molar-refractivity contribution >= 4 is 5.91 Å². The Bertz CT molecular complexity index is 252. The molecule has 0 aliphatic carbocycles. The third-order valence-corrected chi connectivity index (χ3v) is 3.99. The minimum atomic E-state index is 0.0615. The minimum absolute atomic E-state index is 0.0615. The van der Waals surface area contributed by atoms with Crippen molar-refractivity contribution < 1.29 is 9.90 Å². The Balaban J connectivity index is 1.89. The number of aliphatic hydroxyl groups excluding tert-OH is 1. The van der Waals surface area contributed by atoms with Gasteiger partial charge in [0, 0.05) is 19.0 Å². The summed E-state index contributed by atoms with van der Waals surface area (Å²) in [5.74, 6) is 0.227. The standard InChI is InChI=1S/C13H24N2O2/c16-10-12-6-2-1-3-8-15(12)13(17)9-11-5-4-7-14-11/h11-12,14,16H,1-10H2. The molecule has 0 saturated carbocycles. The lowest BCUT2D eigenvalue weighted by Gasteiger charge is -2.29. The van der Waals surface area contributed by atoms with Gasteiger partial charge >= 0.3 is 0 Å². The molecule has 0 bridgehead atoms. The van der Waals surface area contributed by atoms with Gasteiger partial charge in [-0.1, -0.05) is 12.8 Å². The van der Waals surface area contributed by atoms with Crippen molar-refractivity contribution in [1.29, 1.82) is 0 Å². The first-order chi connectivity index (χ1) is 8.31. The zero-order valence-electron chi connectivity index (χ0n) is 10.5. The average molecular weight is 240 g/mol. The molecular formula is C13H24N2O2. The second-order valence-electron chi connectivity index (χ2n) is 5.27. The Morgan fingerprint density at radius 3 is 2.82 bits per heavy atom. The molecule has 98 valence electrons. The summed E-state index contributed by atoms with van der Waals surface area (Å²) in [4.78, 5) is 14.2. The molecule has 2 aliphatic heterocycles. The first kappa shape index (κ1) is 12.8. The third kappa shape index (κ3) is 3.42. The molecular weight excluding hydrogens is 216 g/mol. The smallest absolute Gasteiger partial charge is 0.224 e. The Labute approximate surface area is 103 Å². The minimum Gasteiger partial charge on any atom is -0.394 e. The molecule has 2 heterocycles. The number of rotatable bonds is 3. The fourth-order valence-electron chi connectivity index (χ4n) is 2.95. The molecule has 2 saturated heterocycles. The van der Waals surface area contributed by atoms with Crippen molar-refractivity contribution in [2.45, 2.75) is 57.0 Å². The van der Waals surface area contributed by atoms with Crippen LogP contribution in [0, 0.1) is 0 Å². The highest BCUT2D eigenvalue weighted by Crippen LogP contribution is 2.19. The highest BCUT2D eigenvalue weighted by Gasteiger charge is 2.27. The second kappa shape index (κ2) is 6.36. The van der Waals surface area contributed by atoms with Gasteiger partial charge in [-0.2, -0.15) is 0 Å². The van der Waals surface area contributed by atoms with Crippen LogP contribution >= 0.6 is 0 Å². The molecule has 0 aromatic rings. The van der Waals surface area contributed by atoms with Crippen molar-refractivity contribution in [1.82, 2.24) is 10.2 Å². The zero-order valence-corrected chi connectivity index (χ0v) is 10.5. The third-order valence-electron chi connectivity index (χ3n) is 3.99.